The Morgan fingerprint density at radius 3 is 2.89 bits per heavy atom. The van der Waals surface area contributed by atoms with Gasteiger partial charge in [0.15, 0.2) is 0 Å². The van der Waals surface area contributed by atoms with E-state index in [4.69, 9.17) is 4.74 Å². The molecule has 5 nitrogen and oxygen atoms in total. The Bertz CT molecular complexity index is 470. The molecule has 102 valence electrons. The largest absolute Gasteiger partial charge is 0.378 e. The topological polar surface area (TPSA) is 53.6 Å². The number of amides is 2. The summed E-state index contributed by atoms with van der Waals surface area (Å²) < 4.78 is 5.23. The van der Waals surface area contributed by atoms with Crippen molar-refractivity contribution in [3.63, 3.8) is 0 Å². The molecule has 2 amide bonds. The van der Waals surface area contributed by atoms with Gasteiger partial charge < -0.3 is 20.3 Å². The second-order valence-electron chi connectivity index (χ2n) is 4.96. The van der Waals surface area contributed by atoms with E-state index in [0.29, 0.717) is 32.8 Å². The van der Waals surface area contributed by atoms with Gasteiger partial charge in [-0.15, -0.1) is 0 Å². The van der Waals surface area contributed by atoms with E-state index in [1.54, 1.807) is 4.90 Å². The van der Waals surface area contributed by atoms with Crippen molar-refractivity contribution in [3.8, 4) is 0 Å². The minimum atomic E-state index is 0.00178. The van der Waals surface area contributed by atoms with E-state index in [-0.39, 0.29) is 6.03 Å². The molecule has 2 heterocycles. The second-order valence-corrected chi connectivity index (χ2v) is 4.96. The summed E-state index contributed by atoms with van der Waals surface area (Å²) >= 11 is 0. The number of carbonyl (C=O) groups is 1. The van der Waals surface area contributed by atoms with E-state index in [0.717, 1.165) is 18.7 Å². The minimum Gasteiger partial charge on any atom is -0.378 e. The van der Waals surface area contributed by atoms with Crippen LogP contribution in [0.2, 0.25) is 0 Å². The molecule has 2 N–H and O–H groups in total. The van der Waals surface area contributed by atoms with Gasteiger partial charge in [-0.05, 0) is 16.7 Å². The van der Waals surface area contributed by atoms with Crippen LogP contribution < -0.4 is 10.6 Å². The van der Waals surface area contributed by atoms with E-state index in [2.05, 4.69) is 28.8 Å². The summed E-state index contributed by atoms with van der Waals surface area (Å²) in [5, 5.41) is 6.29. The van der Waals surface area contributed by atoms with Gasteiger partial charge in [0.2, 0.25) is 0 Å². The van der Waals surface area contributed by atoms with Gasteiger partial charge in [0.1, 0.15) is 0 Å². The summed E-state index contributed by atoms with van der Waals surface area (Å²) in [4.78, 5) is 13.8. The maximum absolute atomic E-state index is 12.0. The highest BCUT2D eigenvalue weighted by Gasteiger charge is 2.16. The monoisotopic (exact) mass is 261 g/mol. The lowest BCUT2D eigenvalue weighted by Gasteiger charge is -2.27. The van der Waals surface area contributed by atoms with E-state index in [1.807, 2.05) is 0 Å². The predicted molar refractivity (Wildman–Crippen MR) is 71.6 cm³/mol. The van der Waals surface area contributed by atoms with Gasteiger partial charge >= 0.3 is 6.03 Å². The number of rotatable bonds is 2. The van der Waals surface area contributed by atoms with Gasteiger partial charge in [0, 0.05) is 32.7 Å². The molecule has 1 aromatic carbocycles. The highest BCUT2D eigenvalue weighted by Crippen LogP contribution is 2.16. The lowest BCUT2D eigenvalue weighted by Crippen LogP contribution is -2.45. The normalized spacial score (nSPS) is 18.2. The highest BCUT2D eigenvalue weighted by molar-refractivity contribution is 5.74. The van der Waals surface area contributed by atoms with E-state index >= 15 is 0 Å². The third-order valence-electron chi connectivity index (χ3n) is 3.64. The van der Waals surface area contributed by atoms with Crippen molar-refractivity contribution < 1.29 is 9.53 Å². The van der Waals surface area contributed by atoms with Crippen LogP contribution >= 0.6 is 0 Å². The maximum Gasteiger partial charge on any atom is 0.317 e. The molecule has 0 unspecified atom stereocenters. The number of nitrogens with one attached hydrogen (secondary N) is 2. The van der Waals surface area contributed by atoms with Crippen LogP contribution in [-0.2, 0) is 24.4 Å². The second kappa shape index (κ2) is 5.59. The van der Waals surface area contributed by atoms with Crippen molar-refractivity contribution in [1.82, 2.24) is 15.5 Å². The minimum absolute atomic E-state index is 0.00178. The first-order valence-electron chi connectivity index (χ1n) is 6.75. The van der Waals surface area contributed by atoms with Crippen molar-refractivity contribution in [2.24, 2.45) is 0 Å². The summed E-state index contributed by atoms with van der Waals surface area (Å²) in [6.45, 7) is 5.11. The summed E-state index contributed by atoms with van der Waals surface area (Å²) in [7, 11) is 0. The standard InChI is InChI=1S/C14H19N3O2/c18-14(17-3-5-19-6-4-17)16-8-11-1-2-12-9-15-10-13(12)7-11/h1-2,7,15H,3-6,8-10H2,(H,16,18). The molecular formula is C14H19N3O2. The first kappa shape index (κ1) is 12.4. The Labute approximate surface area is 112 Å². The van der Waals surface area contributed by atoms with E-state index in [1.165, 1.54) is 11.1 Å². The molecule has 0 bridgehead atoms. The van der Waals surface area contributed by atoms with Crippen molar-refractivity contribution in [3.05, 3.63) is 34.9 Å². The van der Waals surface area contributed by atoms with Gasteiger partial charge in [-0.2, -0.15) is 0 Å². The third kappa shape index (κ3) is 2.88. The zero-order valence-electron chi connectivity index (χ0n) is 10.9. The van der Waals surface area contributed by atoms with Crippen molar-refractivity contribution in [1.29, 1.82) is 0 Å². The van der Waals surface area contributed by atoms with Crippen LogP contribution in [0.25, 0.3) is 0 Å². The third-order valence-corrected chi connectivity index (χ3v) is 3.64. The van der Waals surface area contributed by atoms with E-state index < -0.39 is 0 Å². The van der Waals surface area contributed by atoms with Crippen LogP contribution in [0.4, 0.5) is 4.79 Å². The summed E-state index contributed by atoms with van der Waals surface area (Å²) in [5.74, 6) is 0. The van der Waals surface area contributed by atoms with Crippen molar-refractivity contribution >= 4 is 6.03 Å². The smallest absolute Gasteiger partial charge is 0.317 e. The average molecular weight is 261 g/mol. The molecule has 1 aromatic rings. The lowest BCUT2D eigenvalue weighted by atomic mass is 10.1. The molecule has 1 fully saturated rings. The van der Waals surface area contributed by atoms with Crippen molar-refractivity contribution in [2.45, 2.75) is 19.6 Å². The van der Waals surface area contributed by atoms with Crippen molar-refractivity contribution in [2.75, 3.05) is 26.3 Å². The average Bonchev–Trinajstić information content (AvgIpc) is 2.93. The van der Waals surface area contributed by atoms with Gasteiger partial charge in [-0.25, -0.2) is 4.79 Å². The van der Waals surface area contributed by atoms with Crippen LogP contribution in [0, 0.1) is 0 Å². The molecule has 0 radical (unpaired) electrons. The Kier molecular flexibility index (Phi) is 3.66. The van der Waals surface area contributed by atoms with Crippen LogP contribution in [0.1, 0.15) is 16.7 Å². The molecule has 3 rings (SSSR count). The fraction of sp³-hybridized carbons (Fsp3) is 0.500. The molecule has 1 saturated heterocycles. The number of hydrogen-bond acceptors (Lipinski definition) is 3. The molecule has 0 atom stereocenters. The van der Waals surface area contributed by atoms with Gasteiger partial charge in [0.25, 0.3) is 0 Å². The molecule has 2 aliphatic rings. The van der Waals surface area contributed by atoms with Gasteiger partial charge in [0.05, 0.1) is 13.2 Å². The number of morpholine rings is 1. The summed E-state index contributed by atoms with van der Waals surface area (Å²) in [6.07, 6.45) is 0. The van der Waals surface area contributed by atoms with Crippen LogP contribution in [0.5, 0.6) is 0 Å². The summed E-state index contributed by atoms with van der Waals surface area (Å²) in [5.41, 5.74) is 3.87. The highest BCUT2D eigenvalue weighted by atomic mass is 16.5. The molecule has 0 spiro atoms. The number of urea groups is 1. The first-order chi connectivity index (χ1) is 9.33. The molecule has 5 heteroatoms. The SMILES string of the molecule is O=C(NCc1ccc2c(c1)CNC2)N1CCOCC1. The number of ether oxygens (including phenoxy) is 1. The Morgan fingerprint density at radius 2 is 2.05 bits per heavy atom. The number of fused-ring (bicyclic) bond motifs is 1. The van der Waals surface area contributed by atoms with Crippen LogP contribution in [0.15, 0.2) is 18.2 Å². The number of benzene rings is 1. The zero-order valence-corrected chi connectivity index (χ0v) is 10.9. The molecular weight excluding hydrogens is 242 g/mol. The molecule has 0 aliphatic carbocycles. The predicted octanol–water partition coefficient (Wildman–Crippen LogP) is 0.832. The Morgan fingerprint density at radius 1 is 1.26 bits per heavy atom. The van der Waals surface area contributed by atoms with E-state index in [9.17, 15) is 4.79 Å². The number of hydrogen-bond donors (Lipinski definition) is 2. The Balaban J connectivity index is 1.55. The summed E-state index contributed by atoms with van der Waals surface area (Å²) in [6, 6.07) is 6.41. The van der Waals surface area contributed by atoms with Gasteiger partial charge in [-0.1, -0.05) is 18.2 Å². The number of carbonyl (C=O) groups excluding carboxylic acids is 1. The first-order valence-corrected chi connectivity index (χ1v) is 6.75. The maximum atomic E-state index is 12.0. The zero-order chi connectivity index (χ0) is 13.1. The fourth-order valence-corrected chi connectivity index (χ4v) is 2.51. The molecule has 2 aliphatic heterocycles. The molecule has 0 aromatic heterocycles. The van der Waals surface area contributed by atoms with Gasteiger partial charge in [-0.3, -0.25) is 0 Å². The molecule has 0 saturated carbocycles. The quantitative estimate of drug-likeness (QED) is 0.829. The van der Waals surface area contributed by atoms with Crippen LogP contribution in [-0.4, -0.2) is 37.2 Å². The molecule has 19 heavy (non-hydrogen) atoms. The van der Waals surface area contributed by atoms with Crippen LogP contribution in [0.3, 0.4) is 0 Å². The Hall–Kier alpha value is -1.59. The number of nitrogens with zero attached hydrogens (tertiary/aromatic N) is 1. The lowest BCUT2D eigenvalue weighted by molar-refractivity contribution is 0.0531. The fourth-order valence-electron chi connectivity index (χ4n) is 2.51.